The van der Waals surface area contributed by atoms with Crippen molar-refractivity contribution in [2.24, 2.45) is 0 Å². The highest BCUT2D eigenvalue weighted by Crippen LogP contribution is 2.10. The summed E-state index contributed by atoms with van der Waals surface area (Å²) in [5.74, 6) is 0. The van der Waals surface area contributed by atoms with E-state index < -0.39 is 0 Å². The quantitative estimate of drug-likeness (QED) is 0.604. The van der Waals surface area contributed by atoms with Gasteiger partial charge in [-0.15, -0.1) is 0 Å². The van der Waals surface area contributed by atoms with Gasteiger partial charge in [-0.2, -0.15) is 0 Å². The SMILES string of the molecule is C=C/C(Br)=C\C=C(\Br)COCCO. The van der Waals surface area contributed by atoms with E-state index in [1.54, 1.807) is 6.08 Å². The van der Waals surface area contributed by atoms with Crippen LogP contribution in [0.5, 0.6) is 0 Å². The molecule has 0 amide bonds. The molecule has 0 radical (unpaired) electrons. The molecule has 4 heteroatoms. The summed E-state index contributed by atoms with van der Waals surface area (Å²) in [6, 6.07) is 0. The van der Waals surface area contributed by atoms with E-state index in [1.807, 2.05) is 12.2 Å². The fraction of sp³-hybridized carbons (Fsp3) is 0.333. The van der Waals surface area contributed by atoms with E-state index in [0.717, 1.165) is 8.96 Å². The molecule has 0 aliphatic carbocycles. The van der Waals surface area contributed by atoms with Gasteiger partial charge < -0.3 is 9.84 Å². The van der Waals surface area contributed by atoms with Crippen LogP contribution in [0.25, 0.3) is 0 Å². The van der Waals surface area contributed by atoms with Crippen LogP contribution >= 0.6 is 31.9 Å². The van der Waals surface area contributed by atoms with Gasteiger partial charge >= 0.3 is 0 Å². The lowest BCUT2D eigenvalue weighted by Crippen LogP contribution is -2.00. The van der Waals surface area contributed by atoms with E-state index in [9.17, 15) is 0 Å². The van der Waals surface area contributed by atoms with Gasteiger partial charge in [0.25, 0.3) is 0 Å². The maximum atomic E-state index is 8.44. The largest absolute Gasteiger partial charge is 0.394 e. The number of aliphatic hydroxyl groups is 1. The first kappa shape index (κ1) is 13.1. The average Bonchev–Trinajstić information content (AvgIpc) is 2.14. The summed E-state index contributed by atoms with van der Waals surface area (Å²) in [4.78, 5) is 0. The van der Waals surface area contributed by atoms with Gasteiger partial charge in [0.05, 0.1) is 19.8 Å². The Morgan fingerprint density at radius 3 is 2.62 bits per heavy atom. The first-order chi connectivity index (χ1) is 6.20. The van der Waals surface area contributed by atoms with Crippen molar-refractivity contribution in [2.45, 2.75) is 0 Å². The number of hydrogen-bond acceptors (Lipinski definition) is 2. The van der Waals surface area contributed by atoms with E-state index in [1.165, 1.54) is 0 Å². The van der Waals surface area contributed by atoms with Gasteiger partial charge in [0.2, 0.25) is 0 Å². The van der Waals surface area contributed by atoms with Crippen molar-refractivity contribution in [3.05, 3.63) is 33.8 Å². The highest BCUT2D eigenvalue weighted by atomic mass is 79.9. The predicted octanol–water partition coefficient (Wildman–Crippen LogP) is 2.74. The minimum Gasteiger partial charge on any atom is -0.394 e. The standard InChI is InChI=1S/C9H12Br2O2/c1-2-8(10)3-4-9(11)7-13-6-5-12/h2-4,12H,1,5-7H2/b8-3+,9-4+. The maximum Gasteiger partial charge on any atom is 0.0782 e. The van der Waals surface area contributed by atoms with Crippen LogP contribution in [0.1, 0.15) is 0 Å². The molecule has 0 aliphatic heterocycles. The van der Waals surface area contributed by atoms with Crippen LogP contribution in [-0.4, -0.2) is 24.9 Å². The van der Waals surface area contributed by atoms with Gasteiger partial charge in [-0.25, -0.2) is 0 Å². The summed E-state index contributed by atoms with van der Waals surface area (Å²) in [6.45, 7) is 4.46. The summed E-state index contributed by atoms with van der Waals surface area (Å²) in [5, 5.41) is 8.44. The van der Waals surface area contributed by atoms with Crippen LogP contribution < -0.4 is 0 Å². The number of rotatable bonds is 6. The predicted molar refractivity (Wildman–Crippen MR) is 62.1 cm³/mol. The van der Waals surface area contributed by atoms with Gasteiger partial charge in [-0.3, -0.25) is 0 Å². The molecule has 0 spiro atoms. The van der Waals surface area contributed by atoms with Crippen LogP contribution in [0.2, 0.25) is 0 Å². The van der Waals surface area contributed by atoms with Crippen LogP contribution in [0.4, 0.5) is 0 Å². The molecular formula is C9H12Br2O2. The molecule has 0 atom stereocenters. The van der Waals surface area contributed by atoms with Crippen molar-refractivity contribution in [1.82, 2.24) is 0 Å². The van der Waals surface area contributed by atoms with Crippen LogP contribution in [-0.2, 0) is 4.74 Å². The van der Waals surface area contributed by atoms with E-state index in [0.29, 0.717) is 13.2 Å². The van der Waals surface area contributed by atoms with Crippen LogP contribution in [0.15, 0.2) is 33.8 Å². The highest BCUT2D eigenvalue weighted by Gasteiger charge is 1.90. The summed E-state index contributed by atoms with van der Waals surface area (Å²) in [5.41, 5.74) is 0. The van der Waals surface area contributed by atoms with Crippen molar-refractivity contribution in [3.63, 3.8) is 0 Å². The van der Waals surface area contributed by atoms with E-state index in [4.69, 9.17) is 9.84 Å². The molecule has 0 saturated carbocycles. The van der Waals surface area contributed by atoms with Gasteiger partial charge in [-0.1, -0.05) is 44.5 Å². The Morgan fingerprint density at radius 2 is 2.08 bits per heavy atom. The maximum absolute atomic E-state index is 8.44. The van der Waals surface area contributed by atoms with Gasteiger partial charge in [0.15, 0.2) is 0 Å². The third-order valence-corrected chi connectivity index (χ3v) is 2.18. The molecule has 0 bridgehead atoms. The number of aliphatic hydroxyl groups excluding tert-OH is 1. The topological polar surface area (TPSA) is 29.5 Å². The van der Waals surface area contributed by atoms with Crippen molar-refractivity contribution < 1.29 is 9.84 Å². The van der Waals surface area contributed by atoms with Gasteiger partial charge in [-0.05, 0) is 12.2 Å². The number of ether oxygens (including phenoxy) is 1. The molecule has 0 saturated heterocycles. The Balaban J connectivity index is 3.81. The molecule has 0 aliphatic rings. The zero-order valence-electron chi connectivity index (χ0n) is 7.17. The normalized spacial score (nSPS) is 13.2. The number of halogens is 2. The van der Waals surface area contributed by atoms with E-state index in [2.05, 4.69) is 38.4 Å². The highest BCUT2D eigenvalue weighted by molar-refractivity contribution is 9.12. The van der Waals surface area contributed by atoms with Crippen molar-refractivity contribution in [1.29, 1.82) is 0 Å². The Morgan fingerprint density at radius 1 is 1.38 bits per heavy atom. The monoisotopic (exact) mass is 310 g/mol. The second-order valence-electron chi connectivity index (χ2n) is 2.15. The summed E-state index contributed by atoms with van der Waals surface area (Å²) >= 11 is 6.60. The van der Waals surface area contributed by atoms with E-state index in [-0.39, 0.29) is 6.61 Å². The Bertz CT molecular complexity index is 210. The zero-order valence-corrected chi connectivity index (χ0v) is 10.3. The second kappa shape index (κ2) is 8.69. The fourth-order valence-electron chi connectivity index (χ4n) is 0.520. The van der Waals surface area contributed by atoms with E-state index >= 15 is 0 Å². The molecule has 0 unspecified atom stereocenters. The minimum absolute atomic E-state index is 0.0481. The summed E-state index contributed by atoms with van der Waals surface area (Å²) in [6.07, 6.45) is 5.42. The van der Waals surface area contributed by atoms with Crippen molar-refractivity contribution in [3.8, 4) is 0 Å². The third-order valence-electron chi connectivity index (χ3n) is 1.09. The summed E-state index contributed by atoms with van der Waals surface area (Å²) < 4.78 is 6.90. The molecule has 0 fully saturated rings. The van der Waals surface area contributed by atoms with Gasteiger partial charge in [0.1, 0.15) is 0 Å². The smallest absolute Gasteiger partial charge is 0.0782 e. The van der Waals surface area contributed by atoms with Gasteiger partial charge in [0, 0.05) is 8.96 Å². The molecule has 74 valence electrons. The van der Waals surface area contributed by atoms with Crippen molar-refractivity contribution in [2.75, 3.05) is 19.8 Å². The lowest BCUT2D eigenvalue weighted by atomic mass is 10.4. The number of allylic oxidation sites excluding steroid dienone is 4. The number of hydrogen-bond donors (Lipinski definition) is 1. The van der Waals surface area contributed by atoms with Crippen LogP contribution in [0, 0.1) is 0 Å². The molecule has 0 rings (SSSR count). The zero-order chi connectivity index (χ0) is 10.1. The Hall–Kier alpha value is 0.1000. The molecular weight excluding hydrogens is 300 g/mol. The molecule has 13 heavy (non-hydrogen) atoms. The molecule has 1 N–H and O–H groups in total. The first-order valence-corrected chi connectivity index (χ1v) is 5.32. The summed E-state index contributed by atoms with van der Waals surface area (Å²) in [7, 11) is 0. The molecule has 0 heterocycles. The molecule has 2 nitrogen and oxygen atoms in total. The lowest BCUT2D eigenvalue weighted by molar-refractivity contribution is 0.111. The average molecular weight is 312 g/mol. The molecule has 0 aromatic carbocycles. The second-order valence-corrected chi connectivity index (χ2v) is 4.08. The molecule has 0 aromatic heterocycles. The third kappa shape index (κ3) is 8.43. The fourth-order valence-corrected chi connectivity index (χ4v) is 0.947. The molecule has 0 aromatic rings. The van der Waals surface area contributed by atoms with Crippen molar-refractivity contribution >= 4 is 31.9 Å². The Labute approximate surface area is 95.2 Å². The lowest BCUT2D eigenvalue weighted by Gasteiger charge is -1.99. The minimum atomic E-state index is 0.0481. The Kier molecular flexibility index (Phi) is 8.75. The van der Waals surface area contributed by atoms with Crippen LogP contribution in [0.3, 0.4) is 0 Å². The first-order valence-electron chi connectivity index (χ1n) is 3.73.